The summed E-state index contributed by atoms with van der Waals surface area (Å²) in [6, 6.07) is -7.28. The predicted octanol–water partition coefficient (Wildman–Crippen LogP) is -4.76. The molecule has 10 amide bonds. The van der Waals surface area contributed by atoms with Gasteiger partial charge < -0.3 is 79.6 Å². The molecule has 0 spiro atoms. The van der Waals surface area contributed by atoms with Crippen molar-refractivity contribution in [3.8, 4) is 0 Å². The molecule has 420 valence electrons. The second-order valence-electron chi connectivity index (χ2n) is 16.9. The van der Waals surface area contributed by atoms with Crippen LogP contribution >= 0.6 is 50.5 Å². The minimum absolute atomic E-state index is 0.0832. The summed E-state index contributed by atoms with van der Waals surface area (Å²) in [7, 11) is 0. The molecule has 9 atom stereocenters. The van der Waals surface area contributed by atoms with Gasteiger partial charge in [0, 0.05) is 59.9 Å². The molecule has 76 heavy (non-hydrogen) atoms. The van der Waals surface area contributed by atoms with Gasteiger partial charge in [-0.25, -0.2) is 0 Å². The molecule has 0 saturated carbocycles. The quantitative estimate of drug-likeness (QED) is 0.0228. The lowest BCUT2D eigenvalue weighted by atomic mass is 10.0. The van der Waals surface area contributed by atoms with Crippen molar-refractivity contribution in [3.05, 3.63) is 36.0 Å². The highest BCUT2D eigenvalue weighted by Gasteiger charge is 2.36. The molecule has 0 bridgehead atoms. The van der Waals surface area contributed by atoms with Gasteiger partial charge in [0.25, 0.3) is 0 Å². The Morgan fingerprint density at radius 2 is 0.882 bits per heavy atom. The number of unbranched alkanes of at least 4 members (excludes halogenated alkanes) is 1. The molecule has 32 heteroatoms. The van der Waals surface area contributed by atoms with E-state index in [1.165, 1.54) is 0 Å². The summed E-state index contributed by atoms with van der Waals surface area (Å²) in [4.78, 5) is 170. The van der Waals surface area contributed by atoms with Crippen molar-refractivity contribution in [3.63, 3.8) is 0 Å². The Morgan fingerprint density at radius 1 is 0.500 bits per heavy atom. The van der Waals surface area contributed by atoms with Gasteiger partial charge in [-0.15, -0.1) is 0 Å². The average Bonchev–Trinajstić information content (AvgIpc) is 3.77. The molecule has 0 unspecified atom stereocenters. The number of thiol groups is 4. The van der Waals surface area contributed by atoms with Crippen LogP contribution in [0.25, 0.3) is 10.9 Å². The topological polar surface area (TPSA) is 459 Å². The molecule has 0 aliphatic rings. The fourth-order valence-electron chi connectivity index (χ4n) is 7.01. The molecule has 0 saturated heterocycles. The van der Waals surface area contributed by atoms with Crippen molar-refractivity contribution < 1.29 is 77.6 Å². The van der Waals surface area contributed by atoms with Crippen molar-refractivity contribution in [2.45, 2.75) is 113 Å². The highest BCUT2D eigenvalue weighted by Crippen LogP contribution is 2.19. The van der Waals surface area contributed by atoms with Crippen LogP contribution in [0.4, 0.5) is 0 Å². The first kappa shape index (κ1) is 65.3. The molecule has 0 aliphatic heterocycles. The number of benzene rings is 1. The number of carboxylic acid groups (broad SMARTS) is 3. The monoisotopic (exact) mass is 1140 g/mol. The first-order valence-electron chi connectivity index (χ1n) is 23.2. The van der Waals surface area contributed by atoms with Crippen LogP contribution < -0.4 is 59.3 Å². The van der Waals surface area contributed by atoms with Crippen LogP contribution in [-0.4, -0.2) is 181 Å². The Bertz CT molecular complexity index is 2430. The number of carbonyl (C=O) groups is 13. The lowest BCUT2D eigenvalue weighted by Gasteiger charge is -2.27. The van der Waals surface area contributed by atoms with Gasteiger partial charge in [0.05, 0.1) is 12.8 Å². The summed E-state index contributed by atoms with van der Waals surface area (Å²) in [5, 5.41) is 50.0. The molecule has 17 N–H and O–H groups in total. The highest BCUT2D eigenvalue weighted by molar-refractivity contribution is 7.80. The lowest BCUT2D eigenvalue weighted by molar-refractivity contribution is -0.142. The third kappa shape index (κ3) is 22.2. The van der Waals surface area contributed by atoms with Gasteiger partial charge in [-0.3, -0.25) is 62.3 Å². The number of aromatic nitrogens is 1. The van der Waals surface area contributed by atoms with Gasteiger partial charge in [0.2, 0.25) is 59.1 Å². The summed E-state index contributed by atoms with van der Waals surface area (Å²) < 4.78 is 0. The van der Waals surface area contributed by atoms with Crippen LogP contribution in [0.5, 0.6) is 0 Å². The zero-order valence-corrected chi connectivity index (χ0v) is 44.4. The Kier molecular flexibility index (Phi) is 28.6. The summed E-state index contributed by atoms with van der Waals surface area (Å²) in [5.74, 6) is -16.8. The summed E-state index contributed by atoms with van der Waals surface area (Å²) in [6.45, 7) is 1.47. The van der Waals surface area contributed by atoms with E-state index in [9.17, 15) is 77.6 Å². The SMILES string of the molecule is CC(=O)N[C@@H](Cc1c[nH]c2ccccc12)C(=O)N[C@@H](CC(=O)O)C(=O)N[C@@H](CS)C(=O)N[C@@H](CS)C(=O)N[C@@H](CC(=O)O)C(=O)N[C@@H](CCC(=O)O)C(=O)N[C@@H](CS)C(=O)N[C@@H](CS)C(=O)N[C@@H](CCCCN)C(N)=O. The minimum atomic E-state index is -2.03. The Hall–Kier alpha value is -6.77. The zero-order chi connectivity index (χ0) is 57.2. The van der Waals surface area contributed by atoms with Crippen LogP contribution in [0.2, 0.25) is 0 Å². The minimum Gasteiger partial charge on any atom is -0.481 e. The number of carboxylic acids is 3. The van der Waals surface area contributed by atoms with Gasteiger partial charge >= 0.3 is 17.9 Å². The zero-order valence-electron chi connectivity index (χ0n) is 40.9. The van der Waals surface area contributed by atoms with E-state index in [4.69, 9.17) is 11.5 Å². The van der Waals surface area contributed by atoms with Gasteiger partial charge in [0.1, 0.15) is 54.4 Å². The number of hydrogen-bond acceptors (Lipinski definition) is 18. The normalized spacial score (nSPS) is 14.5. The van der Waals surface area contributed by atoms with Crippen molar-refractivity contribution in [2.24, 2.45) is 11.5 Å². The largest absolute Gasteiger partial charge is 0.481 e. The number of aromatic amines is 1. The van der Waals surface area contributed by atoms with E-state index in [1.807, 2.05) is 0 Å². The third-order valence-corrected chi connectivity index (χ3v) is 12.4. The van der Waals surface area contributed by atoms with Crippen LogP contribution in [0.1, 0.15) is 57.4 Å². The first-order valence-corrected chi connectivity index (χ1v) is 25.8. The number of primary amides is 1. The maximum atomic E-state index is 13.6. The smallest absolute Gasteiger partial charge is 0.305 e. The van der Waals surface area contributed by atoms with E-state index in [1.54, 1.807) is 30.5 Å². The number of rotatable bonds is 35. The number of hydrogen-bond donors (Lipinski definition) is 19. The Morgan fingerprint density at radius 3 is 1.28 bits per heavy atom. The summed E-state index contributed by atoms with van der Waals surface area (Å²) in [5.41, 5.74) is 12.2. The Balaban J connectivity index is 2.23. The summed E-state index contributed by atoms with van der Waals surface area (Å²) >= 11 is 16.3. The van der Waals surface area contributed by atoms with Gasteiger partial charge in [-0.05, 0) is 43.9 Å². The van der Waals surface area contributed by atoms with Gasteiger partial charge in [-0.2, -0.15) is 50.5 Å². The maximum Gasteiger partial charge on any atom is 0.305 e. The number of nitrogens with one attached hydrogen (secondary N) is 10. The molecule has 2 rings (SSSR count). The lowest BCUT2D eigenvalue weighted by Crippen LogP contribution is -2.61. The highest BCUT2D eigenvalue weighted by atomic mass is 32.1. The second-order valence-corrected chi connectivity index (χ2v) is 18.3. The van der Waals surface area contributed by atoms with Crippen LogP contribution in [0, 0.1) is 0 Å². The van der Waals surface area contributed by atoms with E-state index in [0.29, 0.717) is 24.9 Å². The fraction of sp³-hybridized carbons (Fsp3) is 0.523. The molecule has 0 fully saturated rings. The number of nitrogens with two attached hydrogens (primary N) is 2. The number of carbonyl (C=O) groups excluding carboxylic acids is 10. The van der Waals surface area contributed by atoms with Crippen LogP contribution in [-0.2, 0) is 68.7 Å². The van der Waals surface area contributed by atoms with E-state index < -0.39 is 174 Å². The van der Waals surface area contributed by atoms with E-state index in [0.717, 1.165) is 17.8 Å². The van der Waals surface area contributed by atoms with E-state index in [2.05, 4.69) is 103 Å². The molecule has 0 aliphatic carbocycles. The van der Waals surface area contributed by atoms with E-state index in [-0.39, 0.29) is 18.6 Å². The third-order valence-electron chi connectivity index (χ3n) is 11.0. The standard InChI is InChI=1S/C44H64N12O16S4/c1-20(57)48-26(12-21-15-47-23-7-3-2-6-22(21)23)38(66)51-28(14-35(62)63)40(68)54-32(19-76)44(72)56-30(17-74)42(70)52-27(13-34(60)61)39(67)50-25(9-10-33(58)59)37(65)53-31(18-75)43(71)55-29(16-73)41(69)49-24(36(46)64)8-4-5-11-45/h2-3,6-7,15,24-32,47,73-76H,4-5,8-14,16-19,45H2,1H3,(H2,46,64)(H,48,57)(H,49,69)(H,50,67)(H,51,66)(H,52,70)(H,53,65)(H,54,68)(H,55,71)(H,56,72)(H,58,59)(H,60,61)(H,62,63)/t24-,25-,26-,27-,28-,29-,30-,31-,32-/m0/s1. The number of H-pyrrole nitrogens is 1. The molecule has 0 radical (unpaired) electrons. The fourth-order valence-corrected chi connectivity index (χ4v) is 8.04. The van der Waals surface area contributed by atoms with Crippen molar-refractivity contribution in [1.82, 2.24) is 52.8 Å². The van der Waals surface area contributed by atoms with Crippen molar-refractivity contribution in [2.75, 3.05) is 29.6 Å². The van der Waals surface area contributed by atoms with Crippen LogP contribution in [0.15, 0.2) is 30.5 Å². The van der Waals surface area contributed by atoms with Crippen molar-refractivity contribution in [1.29, 1.82) is 0 Å². The number of fused-ring (bicyclic) bond motifs is 1. The molecular formula is C44H64N12O16S4. The molecule has 1 aromatic carbocycles. The molecule has 28 nitrogen and oxygen atoms in total. The predicted molar refractivity (Wildman–Crippen MR) is 284 cm³/mol. The number of aliphatic carboxylic acids is 3. The number of para-hydroxylation sites is 1. The molecule has 1 heterocycles. The summed E-state index contributed by atoms with van der Waals surface area (Å²) in [6.07, 6.45) is -0.892. The van der Waals surface area contributed by atoms with E-state index >= 15 is 0 Å². The maximum absolute atomic E-state index is 13.6. The van der Waals surface area contributed by atoms with Gasteiger partial charge in [0.15, 0.2) is 0 Å². The van der Waals surface area contributed by atoms with Gasteiger partial charge in [-0.1, -0.05) is 18.2 Å². The molecule has 1 aromatic heterocycles. The molecular weight excluding hydrogens is 1080 g/mol. The van der Waals surface area contributed by atoms with Crippen LogP contribution in [0.3, 0.4) is 0 Å². The molecule has 2 aromatic rings. The Labute approximate surface area is 456 Å². The second kappa shape index (κ2) is 33.3. The number of amides is 10. The first-order chi connectivity index (χ1) is 35.9. The van der Waals surface area contributed by atoms with Crippen molar-refractivity contribution >= 4 is 138 Å². The average molecular weight is 1150 g/mol.